The Morgan fingerprint density at radius 1 is 1.23 bits per heavy atom. The lowest BCUT2D eigenvalue weighted by Crippen LogP contribution is -2.23. The van der Waals surface area contributed by atoms with Gasteiger partial charge in [0.1, 0.15) is 5.76 Å². The van der Waals surface area contributed by atoms with Gasteiger partial charge in [0, 0.05) is 24.5 Å². The summed E-state index contributed by atoms with van der Waals surface area (Å²) in [6, 6.07) is 8.84. The Morgan fingerprint density at radius 2 is 2.08 bits per heavy atom. The first-order valence-corrected chi connectivity index (χ1v) is 9.38. The zero-order valence-electron chi connectivity index (χ0n) is 14.0. The molecule has 136 valence electrons. The van der Waals surface area contributed by atoms with E-state index in [4.69, 9.17) is 9.15 Å². The fourth-order valence-corrected chi connectivity index (χ4v) is 3.37. The van der Waals surface area contributed by atoms with Crippen molar-refractivity contribution in [3.8, 4) is 17.1 Å². The second-order valence-corrected chi connectivity index (χ2v) is 7.18. The van der Waals surface area contributed by atoms with Crippen molar-refractivity contribution in [2.45, 2.75) is 18.4 Å². The van der Waals surface area contributed by atoms with Gasteiger partial charge in [0.15, 0.2) is 11.6 Å². The van der Waals surface area contributed by atoms with Gasteiger partial charge in [-0.05, 0) is 48.9 Å². The minimum absolute atomic E-state index is 0.0126. The molecule has 0 saturated heterocycles. The highest BCUT2D eigenvalue weighted by Gasteiger charge is 2.17. The van der Waals surface area contributed by atoms with Crippen LogP contribution < -0.4 is 9.46 Å². The topological polar surface area (TPSA) is 81.4 Å². The van der Waals surface area contributed by atoms with E-state index in [1.807, 2.05) is 0 Å². The summed E-state index contributed by atoms with van der Waals surface area (Å²) >= 11 is 0. The number of aromatic nitrogens is 1. The van der Waals surface area contributed by atoms with Crippen molar-refractivity contribution < 1.29 is 22.0 Å². The Labute approximate surface area is 150 Å². The molecule has 0 aliphatic rings. The van der Waals surface area contributed by atoms with Crippen molar-refractivity contribution in [2.24, 2.45) is 0 Å². The van der Waals surface area contributed by atoms with Crippen molar-refractivity contribution in [1.82, 2.24) is 9.71 Å². The number of hydrogen-bond acceptors (Lipinski definition) is 5. The summed E-state index contributed by atoms with van der Waals surface area (Å²) in [5.74, 6) is -0.0752. The number of pyridine rings is 1. The zero-order chi connectivity index (χ0) is 18.6. The molecule has 0 aliphatic heterocycles. The van der Waals surface area contributed by atoms with Crippen molar-refractivity contribution in [3.05, 3.63) is 66.4 Å². The second-order valence-electron chi connectivity index (χ2n) is 5.41. The van der Waals surface area contributed by atoms with Crippen LogP contribution in [0.2, 0.25) is 0 Å². The summed E-state index contributed by atoms with van der Waals surface area (Å²) in [6.45, 7) is 2.02. The minimum Gasteiger partial charge on any atom is -0.491 e. The predicted molar refractivity (Wildman–Crippen MR) is 93.5 cm³/mol. The molecule has 0 fully saturated rings. The fourth-order valence-electron chi connectivity index (χ4n) is 2.34. The average Bonchev–Trinajstić information content (AvgIpc) is 3.17. The molecular formula is C18H17FN2O4S. The molecule has 8 heteroatoms. The molecule has 0 unspecified atom stereocenters. The van der Waals surface area contributed by atoms with E-state index in [-0.39, 0.29) is 17.2 Å². The monoisotopic (exact) mass is 376 g/mol. The average molecular weight is 376 g/mol. The molecule has 1 aromatic carbocycles. The molecule has 3 aromatic rings. The SMILES string of the molecule is CCOc1ccc(S(=O)(=O)NCc2cncc(-c3ccco3)c2)cc1F. The fraction of sp³-hybridized carbons (Fsp3) is 0.167. The molecule has 6 nitrogen and oxygen atoms in total. The van der Waals surface area contributed by atoms with Gasteiger partial charge in [0.2, 0.25) is 10.0 Å². The lowest BCUT2D eigenvalue weighted by atomic mass is 10.2. The summed E-state index contributed by atoms with van der Waals surface area (Å²) in [4.78, 5) is 3.92. The maximum Gasteiger partial charge on any atom is 0.240 e. The van der Waals surface area contributed by atoms with Gasteiger partial charge in [-0.1, -0.05) is 0 Å². The van der Waals surface area contributed by atoms with Gasteiger partial charge in [0.05, 0.1) is 17.8 Å². The van der Waals surface area contributed by atoms with Gasteiger partial charge in [-0.25, -0.2) is 17.5 Å². The first-order chi connectivity index (χ1) is 12.5. The molecule has 0 saturated carbocycles. The smallest absolute Gasteiger partial charge is 0.240 e. The number of nitrogens with zero attached hydrogens (tertiary/aromatic N) is 1. The van der Waals surface area contributed by atoms with E-state index in [9.17, 15) is 12.8 Å². The molecule has 0 radical (unpaired) electrons. The van der Waals surface area contributed by atoms with E-state index in [2.05, 4.69) is 9.71 Å². The van der Waals surface area contributed by atoms with E-state index in [0.717, 1.165) is 11.6 Å². The molecule has 2 heterocycles. The number of hydrogen-bond donors (Lipinski definition) is 1. The number of ether oxygens (including phenoxy) is 1. The molecule has 2 aromatic heterocycles. The largest absolute Gasteiger partial charge is 0.491 e. The van der Waals surface area contributed by atoms with Crippen molar-refractivity contribution in [3.63, 3.8) is 0 Å². The Hall–Kier alpha value is -2.71. The van der Waals surface area contributed by atoms with E-state index >= 15 is 0 Å². The lowest BCUT2D eigenvalue weighted by Gasteiger charge is -2.09. The van der Waals surface area contributed by atoms with Crippen molar-refractivity contribution in [2.75, 3.05) is 6.61 Å². The summed E-state index contributed by atoms with van der Waals surface area (Å²) in [6.07, 6.45) is 4.72. The third-order valence-electron chi connectivity index (χ3n) is 3.58. The van der Waals surface area contributed by atoms with Crippen LogP contribution in [0, 0.1) is 5.82 Å². The van der Waals surface area contributed by atoms with Crippen LogP contribution in [0.15, 0.2) is 64.4 Å². The number of benzene rings is 1. The lowest BCUT2D eigenvalue weighted by molar-refractivity contribution is 0.321. The molecule has 26 heavy (non-hydrogen) atoms. The van der Waals surface area contributed by atoms with Gasteiger partial charge in [-0.3, -0.25) is 4.98 Å². The first-order valence-electron chi connectivity index (χ1n) is 7.89. The van der Waals surface area contributed by atoms with Gasteiger partial charge >= 0.3 is 0 Å². The van der Waals surface area contributed by atoms with E-state index in [1.54, 1.807) is 43.8 Å². The molecule has 0 bridgehead atoms. The Balaban J connectivity index is 1.74. The van der Waals surface area contributed by atoms with E-state index in [0.29, 0.717) is 17.9 Å². The standard InChI is InChI=1S/C18H17FN2O4S/c1-2-24-18-6-5-15(9-16(18)19)26(22,23)21-11-13-8-14(12-20-10-13)17-4-3-7-25-17/h3-10,12,21H,2,11H2,1H3. The molecule has 0 aliphatic carbocycles. The van der Waals surface area contributed by atoms with Crippen molar-refractivity contribution >= 4 is 10.0 Å². The Bertz CT molecular complexity index is 988. The summed E-state index contributed by atoms with van der Waals surface area (Å²) in [7, 11) is -3.88. The summed E-state index contributed by atoms with van der Waals surface area (Å²) in [5.41, 5.74) is 1.38. The van der Waals surface area contributed by atoms with Crippen LogP contribution in [0.3, 0.4) is 0 Å². The van der Waals surface area contributed by atoms with Crippen LogP contribution in [0.1, 0.15) is 12.5 Å². The maximum absolute atomic E-state index is 13.9. The molecule has 1 N–H and O–H groups in total. The Kier molecular flexibility index (Phi) is 5.34. The van der Waals surface area contributed by atoms with Crippen molar-refractivity contribution in [1.29, 1.82) is 0 Å². The number of sulfonamides is 1. The van der Waals surface area contributed by atoms with Crippen LogP contribution in [0.4, 0.5) is 4.39 Å². The van der Waals surface area contributed by atoms with Crippen LogP contribution in [0.5, 0.6) is 5.75 Å². The normalized spacial score (nSPS) is 11.5. The molecule has 0 atom stereocenters. The highest BCUT2D eigenvalue weighted by Crippen LogP contribution is 2.22. The molecule has 0 amide bonds. The van der Waals surface area contributed by atoms with Gasteiger partial charge < -0.3 is 9.15 Å². The van der Waals surface area contributed by atoms with Gasteiger partial charge in [0.25, 0.3) is 0 Å². The molecular weight excluding hydrogens is 359 g/mol. The Morgan fingerprint density at radius 3 is 2.77 bits per heavy atom. The quantitative estimate of drug-likeness (QED) is 0.684. The van der Waals surface area contributed by atoms with Crippen LogP contribution in [-0.4, -0.2) is 20.0 Å². The highest BCUT2D eigenvalue weighted by molar-refractivity contribution is 7.89. The molecule has 3 rings (SSSR count). The van der Waals surface area contributed by atoms with Gasteiger partial charge in [-0.15, -0.1) is 0 Å². The minimum atomic E-state index is -3.88. The third-order valence-corrected chi connectivity index (χ3v) is 4.98. The number of nitrogens with one attached hydrogen (secondary N) is 1. The summed E-state index contributed by atoms with van der Waals surface area (Å²) < 4.78 is 51.5. The second kappa shape index (κ2) is 7.67. The highest BCUT2D eigenvalue weighted by atomic mass is 32.2. The van der Waals surface area contributed by atoms with Crippen LogP contribution in [-0.2, 0) is 16.6 Å². The third kappa shape index (κ3) is 4.09. The summed E-state index contributed by atoms with van der Waals surface area (Å²) in [5, 5.41) is 0. The van der Waals surface area contributed by atoms with Crippen LogP contribution in [0.25, 0.3) is 11.3 Å². The van der Waals surface area contributed by atoms with E-state index in [1.165, 1.54) is 12.1 Å². The maximum atomic E-state index is 13.9. The predicted octanol–water partition coefficient (Wildman–Crippen LogP) is 3.36. The number of furan rings is 1. The zero-order valence-corrected chi connectivity index (χ0v) is 14.8. The number of halogens is 1. The molecule has 0 spiro atoms. The number of rotatable bonds is 7. The van der Waals surface area contributed by atoms with E-state index < -0.39 is 15.8 Å². The van der Waals surface area contributed by atoms with Crippen LogP contribution >= 0.6 is 0 Å². The van der Waals surface area contributed by atoms with Gasteiger partial charge in [-0.2, -0.15) is 0 Å². The first kappa shape index (κ1) is 18.1.